The molecule has 0 saturated carbocycles. The highest BCUT2D eigenvalue weighted by Gasteiger charge is 2.23. The summed E-state index contributed by atoms with van der Waals surface area (Å²) in [5.74, 6) is 0. The predicted octanol–water partition coefficient (Wildman–Crippen LogP) is 3.44. The van der Waals surface area contributed by atoms with Gasteiger partial charge in [-0.25, -0.2) is 0 Å². The molecule has 2 rings (SSSR count). The SMILES string of the molecule is COC(c1ccccc1)C(N)c1sccc1C. The quantitative estimate of drug-likeness (QED) is 0.898. The Morgan fingerprint density at radius 3 is 2.41 bits per heavy atom. The fourth-order valence-electron chi connectivity index (χ4n) is 2.00. The molecule has 90 valence electrons. The molecule has 2 aromatic rings. The summed E-state index contributed by atoms with van der Waals surface area (Å²) in [6.45, 7) is 2.09. The first-order valence-electron chi connectivity index (χ1n) is 5.61. The minimum absolute atomic E-state index is 0.0893. The second kappa shape index (κ2) is 5.45. The van der Waals surface area contributed by atoms with Gasteiger partial charge in [0.05, 0.1) is 6.04 Å². The van der Waals surface area contributed by atoms with Gasteiger partial charge in [0.1, 0.15) is 6.10 Å². The van der Waals surface area contributed by atoms with Gasteiger partial charge in [-0.15, -0.1) is 11.3 Å². The normalized spacial score (nSPS) is 14.5. The molecule has 2 unspecified atom stereocenters. The van der Waals surface area contributed by atoms with Gasteiger partial charge in [-0.3, -0.25) is 0 Å². The van der Waals surface area contributed by atoms with Crippen LogP contribution in [0.2, 0.25) is 0 Å². The third-order valence-electron chi connectivity index (χ3n) is 2.91. The van der Waals surface area contributed by atoms with Crippen LogP contribution in [0.25, 0.3) is 0 Å². The van der Waals surface area contributed by atoms with Gasteiger partial charge >= 0.3 is 0 Å². The van der Waals surface area contributed by atoms with E-state index < -0.39 is 0 Å². The van der Waals surface area contributed by atoms with E-state index >= 15 is 0 Å². The van der Waals surface area contributed by atoms with E-state index in [1.165, 1.54) is 10.4 Å². The third-order valence-corrected chi connectivity index (χ3v) is 4.03. The Bertz CT molecular complexity index is 466. The molecule has 0 aliphatic heterocycles. The lowest BCUT2D eigenvalue weighted by Crippen LogP contribution is -2.21. The highest BCUT2D eigenvalue weighted by Crippen LogP contribution is 2.33. The lowest BCUT2D eigenvalue weighted by molar-refractivity contribution is 0.0810. The topological polar surface area (TPSA) is 35.2 Å². The first-order chi connectivity index (χ1) is 8.24. The number of nitrogens with two attached hydrogens (primary N) is 1. The smallest absolute Gasteiger partial charge is 0.102 e. The molecule has 0 fully saturated rings. The molecule has 0 aliphatic rings. The van der Waals surface area contributed by atoms with Crippen LogP contribution in [0.1, 0.15) is 28.1 Å². The van der Waals surface area contributed by atoms with Crippen LogP contribution < -0.4 is 5.73 Å². The Kier molecular flexibility index (Phi) is 3.94. The predicted molar refractivity (Wildman–Crippen MR) is 72.2 cm³/mol. The summed E-state index contributed by atoms with van der Waals surface area (Å²) in [6.07, 6.45) is -0.0893. The molecule has 0 saturated heterocycles. The zero-order valence-electron chi connectivity index (χ0n) is 10.1. The van der Waals surface area contributed by atoms with Crippen molar-refractivity contribution in [1.29, 1.82) is 0 Å². The monoisotopic (exact) mass is 247 g/mol. The molecular formula is C14H17NOS. The third kappa shape index (κ3) is 2.57. The second-order valence-corrected chi connectivity index (χ2v) is 5.01. The van der Waals surface area contributed by atoms with Crippen molar-refractivity contribution in [2.75, 3.05) is 7.11 Å². The van der Waals surface area contributed by atoms with Gasteiger partial charge < -0.3 is 10.5 Å². The fourth-order valence-corrected chi connectivity index (χ4v) is 2.95. The molecule has 0 aliphatic carbocycles. The Labute approximate surface area is 106 Å². The van der Waals surface area contributed by atoms with Crippen LogP contribution in [0.5, 0.6) is 0 Å². The molecule has 17 heavy (non-hydrogen) atoms. The van der Waals surface area contributed by atoms with Crippen LogP contribution in [-0.2, 0) is 4.74 Å². The van der Waals surface area contributed by atoms with E-state index in [0.717, 1.165) is 5.56 Å². The van der Waals surface area contributed by atoms with E-state index in [0.29, 0.717) is 0 Å². The van der Waals surface area contributed by atoms with Crippen molar-refractivity contribution in [2.45, 2.75) is 19.1 Å². The zero-order valence-corrected chi connectivity index (χ0v) is 10.9. The number of thiophene rings is 1. The van der Waals surface area contributed by atoms with Gasteiger partial charge in [-0.1, -0.05) is 30.3 Å². The summed E-state index contributed by atoms with van der Waals surface area (Å²) in [5.41, 5.74) is 8.67. The van der Waals surface area contributed by atoms with Crippen LogP contribution >= 0.6 is 11.3 Å². The van der Waals surface area contributed by atoms with E-state index in [4.69, 9.17) is 10.5 Å². The minimum Gasteiger partial charge on any atom is -0.375 e. The van der Waals surface area contributed by atoms with Crippen molar-refractivity contribution < 1.29 is 4.74 Å². The second-order valence-electron chi connectivity index (χ2n) is 4.06. The van der Waals surface area contributed by atoms with E-state index in [9.17, 15) is 0 Å². The molecular weight excluding hydrogens is 230 g/mol. The number of benzene rings is 1. The van der Waals surface area contributed by atoms with Gasteiger partial charge in [-0.2, -0.15) is 0 Å². The lowest BCUT2D eigenvalue weighted by atomic mass is 10.00. The molecule has 2 nitrogen and oxygen atoms in total. The maximum atomic E-state index is 6.31. The number of aryl methyl sites for hydroxylation is 1. The van der Waals surface area contributed by atoms with Crippen molar-refractivity contribution >= 4 is 11.3 Å². The van der Waals surface area contributed by atoms with Gasteiger partial charge in [0.15, 0.2) is 0 Å². The maximum Gasteiger partial charge on any atom is 0.102 e. The van der Waals surface area contributed by atoms with Crippen molar-refractivity contribution in [3.8, 4) is 0 Å². The Hall–Kier alpha value is -1.16. The molecule has 0 amide bonds. The molecule has 1 aromatic carbocycles. The highest BCUT2D eigenvalue weighted by atomic mass is 32.1. The largest absolute Gasteiger partial charge is 0.375 e. The molecule has 0 bridgehead atoms. The number of hydrogen-bond donors (Lipinski definition) is 1. The minimum atomic E-state index is -0.109. The van der Waals surface area contributed by atoms with E-state index in [2.05, 4.69) is 30.5 Å². The molecule has 2 atom stereocenters. The molecule has 0 spiro atoms. The molecule has 2 N–H and O–H groups in total. The maximum absolute atomic E-state index is 6.31. The Balaban J connectivity index is 2.28. The van der Waals surface area contributed by atoms with Gasteiger partial charge in [0.2, 0.25) is 0 Å². The number of ether oxygens (including phenoxy) is 1. The first-order valence-corrected chi connectivity index (χ1v) is 6.49. The van der Waals surface area contributed by atoms with Crippen molar-refractivity contribution in [3.05, 3.63) is 57.8 Å². The van der Waals surface area contributed by atoms with Crippen LogP contribution in [0.4, 0.5) is 0 Å². The van der Waals surface area contributed by atoms with E-state index in [-0.39, 0.29) is 12.1 Å². The molecule has 0 radical (unpaired) electrons. The van der Waals surface area contributed by atoms with Crippen molar-refractivity contribution in [1.82, 2.24) is 0 Å². The molecule has 1 aromatic heterocycles. The number of rotatable bonds is 4. The Morgan fingerprint density at radius 1 is 1.18 bits per heavy atom. The molecule has 3 heteroatoms. The van der Waals surface area contributed by atoms with E-state index in [1.807, 2.05) is 18.2 Å². The summed E-state index contributed by atoms with van der Waals surface area (Å²) < 4.78 is 5.56. The van der Waals surface area contributed by atoms with Crippen LogP contribution in [0.3, 0.4) is 0 Å². The van der Waals surface area contributed by atoms with Crippen molar-refractivity contribution in [2.24, 2.45) is 5.73 Å². The summed E-state index contributed by atoms with van der Waals surface area (Å²) in [4.78, 5) is 1.20. The van der Waals surface area contributed by atoms with Gasteiger partial charge in [0.25, 0.3) is 0 Å². The van der Waals surface area contributed by atoms with E-state index in [1.54, 1.807) is 18.4 Å². The average Bonchev–Trinajstić information content (AvgIpc) is 2.77. The van der Waals surface area contributed by atoms with Crippen LogP contribution in [0, 0.1) is 6.92 Å². The lowest BCUT2D eigenvalue weighted by Gasteiger charge is -2.22. The zero-order chi connectivity index (χ0) is 12.3. The van der Waals surface area contributed by atoms with Gasteiger partial charge in [-0.05, 0) is 29.5 Å². The summed E-state index contributed by atoms with van der Waals surface area (Å²) in [5, 5.41) is 2.07. The van der Waals surface area contributed by atoms with Crippen LogP contribution in [0.15, 0.2) is 41.8 Å². The average molecular weight is 247 g/mol. The van der Waals surface area contributed by atoms with Gasteiger partial charge in [0, 0.05) is 12.0 Å². The fraction of sp³-hybridized carbons (Fsp3) is 0.286. The highest BCUT2D eigenvalue weighted by molar-refractivity contribution is 7.10. The number of methoxy groups -OCH3 is 1. The van der Waals surface area contributed by atoms with Crippen LogP contribution in [-0.4, -0.2) is 7.11 Å². The summed E-state index contributed by atoms with van der Waals surface area (Å²) >= 11 is 1.69. The Morgan fingerprint density at radius 2 is 1.88 bits per heavy atom. The van der Waals surface area contributed by atoms with Crippen molar-refractivity contribution in [3.63, 3.8) is 0 Å². The standard InChI is InChI=1S/C14H17NOS/c1-10-8-9-17-14(10)12(15)13(16-2)11-6-4-3-5-7-11/h3-9,12-13H,15H2,1-2H3. The summed E-state index contributed by atoms with van der Waals surface area (Å²) in [7, 11) is 1.71. The molecule has 1 heterocycles. The number of hydrogen-bond acceptors (Lipinski definition) is 3. The summed E-state index contributed by atoms with van der Waals surface area (Å²) in [6, 6.07) is 12.1. The first kappa shape index (κ1) is 12.3.